The molecule has 0 unspecified atom stereocenters. The van der Waals surface area contributed by atoms with E-state index in [4.69, 9.17) is 26.2 Å². The smallest absolute Gasteiger partial charge is 0.373 e. The summed E-state index contributed by atoms with van der Waals surface area (Å²) >= 11 is 5.95. The Kier molecular flexibility index (Phi) is 3.66. The van der Waals surface area contributed by atoms with E-state index in [0.717, 1.165) is 4.68 Å². The molecule has 0 spiro atoms. The van der Waals surface area contributed by atoms with E-state index in [2.05, 4.69) is 10.1 Å². The van der Waals surface area contributed by atoms with Crippen molar-refractivity contribution in [1.82, 2.24) is 14.8 Å². The molecule has 106 valence electrons. The third-order valence-electron chi connectivity index (χ3n) is 2.50. The largest absolute Gasteiger partial charge is 0.495 e. The van der Waals surface area contributed by atoms with Gasteiger partial charge in [-0.1, -0.05) is 11.6 Å². The zero-order valence-corrected chi connectivity index (χ0v) is 11.3. The first-order valence-electron chi connectivity index (χ1n) is 5.32. The molecule has 2 N–H and O–H groups in total. The topological polar surface area (TPSA) is 106 Å². The van der Waals surface area contributed by atoms with Crippen molar-refractivity contribution >= 4 is 17.6 Å². The second-order valence-electron chi connectivity index (χ2n) is 3.65. The molecule has 2 aromatic rings. The van der Waals surface area contributed by atoms with Crippen molar-refractivity contribution in [1.29, 1.82) is 0 Å². The lowest BCUT2D eigenvalue weighted by atomic mass is 10.2. The molecule has 1 heterocycles. The van der Waals surface area contributed by atoms with Gasteiger partial charge in [-0.2, -0.15) is 4.68 Å². The van der Waals surface area contributed by atoms with Gasteiger partial charge in [0.1, 0.15) is 17.2 Å². The van der Waals surface area contributed by atoms with Crippen molar-refractivity contribution < 1.29 is 19.4 Å². The lowest BCUT2D eigenvalue weighted by Gasteiger charge is -2.10. The molecule has 0 bridgehead atoms. The van der Waals surface area contributed by atoms with E-state index in [1.807, 2.05) is 0 Å². The van der Waals surface area contributed by atoms with Crippen LogP contribution < -0.4 is 15.2 Å². The van der Waals surface area contributed by atoms with Gasteiger partial charge in [-0.15, -0.1) is 5.10 Å². The molecule has 0 aliphatic heterocycles. The summed E-state index contributed by atoms with van der Waals surface area (Å²) in [5.41, 5.74) is -0.507. The number of benzene rings is 1. The van der Waals surface area contributed by atoms with Gasteiger partial charge in [0.25, 0.3) is 0 Å². The van der Waals surface area contributed by atoms with Crippen LogP contribution in [0.5, 0.6) is 11.5 Å². The number of hydrogen-bond acceptors (Lipinski definition) is 5. The molecule has 0 aliphatic rings. The first kappa shape index (κ1) is 13.9. The van der Waals surface area contributed by atoms with Crippen LogP contribution in [-0.4, -0.2) is 40.1 Å². The minimum absolute atomic E-state index is 0.211. The third-order valence-corrected chi connectivity index (χ3v) is 2.80. The van der Waals surface area contributed by atoms with Gasteiger partial charge in [0.2, 0.25) is 5.82 Å². The third kappa shape index (κ3) is 2.32. The average molecular weight is 300 g/mol. The predicted molar refractivity (Wildman–Crippen MR) is 69.3 cm³/mol. The molecular formula is C11H10ClN3O5. The fraction of sp³-hybridized carbons (Fsp3) is 0.182. The number of rotatable bonds is 4. The molecule has 0 saturated carbocycles. The quantitative estimate of drug-likeness (QED) is 0.870. The maximum Gasteiger partial charge on any atom is 0.373 e. The molecular weight excluding hydrogens is 290 g/mol. The SMILES string of the molecule is COc1cc(-n2nc(C(=O)O)[nH]c2=O)c(OC)cc1Cl. The summed E-state index contributed by atoms with van der Waals surface area (Å²) in [5, 5.41) is 12.8. The van der Waals surface area contributed by atoms with Crippen molar-refractivity contribution in [2.75, 3.05) is 14.2 Å². The number of H-pyrrole nitrogens is 1. The van der Waals surface area contributed by atoms with Gasteiger partial charge >= 0.3 is 11.7 Å². The Bertz CT molecular complexity index is 721. The zero-order valence-electron chi connectivity index (χ0n) is 10.5. The maximum atomic E-state index is 11.7. The molecule has 9 heteroatoms. The van der Waals surface area contributed by atoms with Gasteiger partial charge in [0, 0.05) is 12.1 Å². The Morgan fingerprint density at radius 3 is 2.50 bits per heavy atom. The first-order chi connectivity index (χ1) is 9.47. The summed E-state index contributed by atoms with van der Waals surface area (Å²) in [6, 6.07) is 2.87. The first-order valence-corrected chi connectivity index (χ1v) is 5.70. The molecule has 20 heavy (non-hydrogen) atoms. The van der Waals surface area contributed by atoms with Gasteiger partial charge in [-0.25, -0.2) is 9.59 Å². The molecule has 1 aromatic heterocycles. The summed E-state index contributed by atoms with van der Waals surface area (Å²) in [5.74, 6) is -1.28. The summed E-state index contributed by atoms with van der Waals surface area (Å²) in [6.45, 7) is 0. The van der Waals surface area contributed by atoms with Gasteiger partial charge in [-0.3, -0.25) is 4.98 Å². The van der Waals surface area contributed by atoms with E-state index in [9.17, 15) is 9.59 Å². The Balaban J connectivity index is 2.68. The number of hydrogen-bond donors (Lipinski definition) is 2. The van der Waals surface area contributed by atoms with Crippen LogP contribution >= 0.6 is 11.6 Å². The second kappa shape index (κ2) is 5.25. The summed E-state index contributed by atoms with van der Waals surface area (Å²) in [6.07, 6.45) is 0. The Labute approximate surface area is 117 Å². The number of halogens is 1. The van der Waals surface area contributed by atoms with Crippen LogP contribution in [0.25, 0.3) is 5.69 Å². The molecule has 0 radical (unpaired) electrons. The fourth-order valence-electron chi connectivity index (χ4n) is 1.59. The number of ether oxygens (including phenoxy) is 2. The number of methoxy groups -OCH3 is 2. The lowest BCUT2D eigenvalue weighted by Crippen LogP contribution is -2.16. The standard InChI is InChI=1S/C11H10ClN3O5/c1-19-7-4-6(8(20-2)3-5(7)12)15-11(18)13-9(14-15)10(16)17/h3-4H,1-2H3,(H,16,17)(H,13,14,18). The molecule has 2 rings (SSSR count). The van der Waals surface area contributed by atoms with Crippen LogP contribution in [0.2, 0.25) is 5.02 Å². The highest BCUT2D eigenvalue weighted by Gasteiger charge is 2.18. The van der Waals surface area contributed by atoms with Crippen LogP contribution in [0.3, 0.4) is 0 Å². The number of aromatic nitrogens is 3. The average Bonchev–Trinajstić information content (AvgIpc) is 2.80. The van der Waals surface area contributed by atoms with E-state index in [1.165, 1.54) is 26.4 Å². The Hall–Kier alpha value is -2.48. The van der Waals surface area contributed by atoms with Crippen molar-refractivity contribution in [3.8, 4) is 17.2 Å². The number of carboxylic acid groups (broad SMARTS) is 1. The minimum Gasteiger partial charge on any atom is -0.495 e. The lowest BCUT2D eigenvalue weighted by molar-refractivity contribution is 0.0683. The fourth-order valence-corrected chi connectivity index (χ4v) is 1.82. The van der Waals surface area contributed by atoms with E-state index >= 15 is 0 Å². The van der Waals surface area contributed by atoms with E-state index < -0.39 is 17.5 Å². The van der Waals surface area contributed by atoms with Gasteiger partial charge < -0.3 is 14.6 Å². The number of carboxylic acids is 1. The van der Waals surface area contributed by atoms with Crippen LogP contribution in [0.4, 0.5) is 0 Å². The van der Waals surface area contributed by atoms with Crippen LogP contribution in [-0.2, 0) is 0 Å². The maximum absolute atomic E-state index is 11.7. The number of aromatic amines is 1. The Morgan fingerprint density at radius 1 is 1.35 bits per heavy atom. The predicted octanol–water partition coefficient (Wildman–Crippen LogP) is 0.929. The van der Waals surface area contributed by atoms with E-state index in [0.29, 0.717) is 5.75 Å². The van der Waals surface area contributed by atoms with Crippen molar-refractivity contribution in [2.24, 2.45) is 0 Å². The van der Waals surface area contributed by atoms with Crippen molar-refractivity contribution in [3.63, 3.8) is 0 Å². The molecule has 8 nitrogen and oxygen atoms in total. The van der Waals surface area contributed by atoms with E-state index in [-0.39, 0.29) is 16.5 Å². The summed E-state index contributed by atoms with van der Waals surface area (Å²) < 4.78 is 11.0. The Morgan fingerprint density at radius 2 is 2.00 bits per heavy atom. The van der Waals surface area contributed by atoms with Crippen LogP contribution in [0.15, 0.2) is 16.9 Å². The minimum atomic E-state index is -1.35. The molecule has 0 aliphatic carbocycles. The second-order valence-corrected chi connectivity index (χ2v) is 4.06. The van der Waals surface area contributed by atoms with Crippen molar-refractivity contribution in [3.05, 3.63) is 33.5 Å². The van der Waals surface area contributed by atoms with Gasteiger partial charge in [-0.05, 0) is 0 Å². The number of nitrogens with zero attached hydrogens (tertiary/aromatic N) is 2. The van der Waals surface area contributed by atoms with Crippen molar-refractivity contribution in [2.45, 2.75) is 0 Å². The van der Waals surface area contributed by atoms with Crippen LogP contribution in [0.1, 0.15) is 10.6 Å². The van der Waals surface area contributed by atoms with Crippen LogP contribution in [0, 0.1) is 0 Å². The zero-order chi connectivity index (χ0) is 14.9. The van der Waals surface area contributed by atoms with E-state index in [1.54, 1.807) is 0 Å². The molecule has 0 atom stereocenters. The molecule has 0 amide bonds. The highest BCUT2D eigenvalue weighted by molar-refractivity contribution is 6.32. The highest BCUT2D eigenvalue weighted by atomic mass is 35.5. The molecule has 0 fully saturated rings. The molecule has 1 aromatic carbocycles. The summed E-state index contributed by atoms with van der Waals surface area (Å²) in [4.78, 5) is 24.7. The summed E-state index contributed by atoms with van der Waals surface area (Å²) in [7, 11) is 2.80. The van der Waals surface area contributed by atoms with Gasteiger partial charge in [0.05, 0.1) is 19.2 Å². The highest BCUT2D eigenvalue weighted by Crippen LogP contribution is 2.33. The normalized spacial score (nSPS) is 10.3. The number of nitrogens with one attached hydrogen (secondary N) is 1. The number of carbonyl (C=O) groups is 1. The monoisotopic (exact) mass is 299 g/mol. The number of aromatic carboxylic acids is 1. The van der Waals surface area contributed by atoms with Gasteiger partial charge in [0.15, 0.2) is 0 Å². The molecule has 0 saturated heterocycles.